The van der Waals surface area contributed by atoms with Gasteiger partial charge in [0.15, 0.2) is 0 Å². The third-order valence-electron chi connectivity index (χ3n) is 4.45. The predicted octanol–water partition coefficient (Wildman–Crippen LogP) is 2.33. The van der Waals surface area contributed by atoms with E-state index in [4.69, 9.17) is 5.73 Å². The zero-order chi connectivity index (χ0) is 11.4. The number of hydrogen-bond acceptors (Lipinski definition) is 3. The summed E-state index contributed by atoms with van der Waals surface area (Å²) >= 11 is 1.95. The van der Waals surface area contributed by atoms with Gasteiger partial charge in [-0.1, -0.05) is 12.8 Å². The molecule has 0 aromatic rings. The zero-order valence-corrected chi connectivity index (χ0v) is 11.3. The van der Waals surface area contributed by atoms with E-state index >= 15 is 0 Å². The topological polar surface area (TPSA) is 29.3 Å². The van der Waals surface area contributed by atoms with Gasteiger partial charge >= 0.3 is 0 Å². The van der Waals surface area contributed by atoms with E-state index in [2.05, 4.69) is 11.2 Å². The molecule has 1 aliphatic carbocycles. The lowest BCUT2D eigenvalue weighted by atomic mass is 9.85. The van der Waals surface area contributed by atoms with Crippen LogP contribution in [0.5, 0.6) is 0 Å². The third kappa shape index (κ3) is 2.74. The van der Waals surface area contributed by atoms with E-state index in [0.29, 0.717) is 6.04 Å². The van der Waals surface area contributed by atoms with E-state index in [1.165, 1.54) is 50.8 Å². The Labute approximate surface area is 104 Å². The maximum absolute atomic E-state index is 5.96. The number of hydrogen-bond donors (Lipinski definition) is 1. The molecule has 16 heavy (non-hydrogen) atoms. The Morgan fingerprint density at radius 3 is 2.88 bits per heavy atom. The smallest absolute Gasteiger partial charge is 0.0229 e. The van der Waals surface area contributed by atoms with Crippen LogP contribution in [-0.4, -0.2) is 42.1 Å². The standard InChI is InChI=1S/C13H26N2S/c1-16-9-7-12(10-14)15-8-6-11-4-2-3-5-13(11)15/h11-13H,2-10,14H2,1H3. The molecule has 0 bridgehead atoms. The number of likely N-dealkylation sites (tertiary alicyclic amines) is 1. The second kappa shape index (κ2) is 6.27. The molecule has 3 atom stereocenters. The number of thioether (sulfide) groups is 1. The molecule has 0 radical (unpaired) electrons. The van der Waals surface area contributed by atoms with Gasteiger partial charge in [0, 0.05) is 18.6 Å². The Hall–Kier alpha value is 0.270. The minimum absolute atomic E-state index is 0.653. The van der Waals surface area contributed by atoms with Gasteiger partial charge in [0.2, 0.25) is 0 Å². The van der Waals surface area contributed by atoms with Gasteiger partial charge in [-0.15, -0.1) is 0 Å². The summed E-state index contributed by atoms with van der Waals surface area (Å²) in [4.78, 5) is 2.75. The fourth-order valence-corrected chi connectivity index (χ4v) is 4.08. The van der Waals surface area contributed by atoms with Crippen LogP contribution in [0.4, 0.5) is 0 Å². The molecule has 2 nitrogen and oxygen atoms in total. The zero-order valence-electron chi connectivity index (χ0n) is 10.5. The average Bonchev–Trinajstić information content (AvgIpc) is 2.75. The maximum atomic E-state index is 5.96. The van der Waals surface area contributed by atoms with Crippen LogP contribution in [0.3, 0.4) is 0 Å². The highest BCUT2D eigenvalue weighted by Crippen LogP contribution is 2.37. The van der Waals surface area contributed by atoms with Crippen molar-refractivity contribution in [3.63, 3.8) is 0 Å². The van der Waals surface area contributed by atoms with Crippen molar-refractivity contribution in [2.75, 3.05) is 25.1 Å². The van der Waals surface area contributed by atoms with Crippen LogP contribution in [0, 0.1) is 5.92 Å². The normalized spacial score (nSPS) is 32.6. The monoisotopic (exact) mass is 242 g/mol. The molecular weight excluding hydrogens is 216 g/mol. The predicted molar refractivity (Wildman–Crippen MR) is 72.9 cm³/mol. The van der Waals surface area contributed by atoms with E-state index in [0.717, 1.165) is 18.5 Å². The molecule has 3 heteroatoms. The number of rotatable bonds is 5. The van der Waals surface area contributed by atoms with Crippen molar-refractivity contribution in [3.05, 3.63) is 0 Å². The van der Waals surface area contributed by atoms with Crippen molar-refractivity contribution < 1.29 is 0 Å². The van der Waals surface area contributed by atoms with E-state index in [1.54, 1.807) is 0 Å². The summed E-state index contributed by atoms with van der Waals surface area (Å²) in [6.07, 6.45) is 10.7. The van der Waals surface area contributed by atoms with Crippen molar-refractivity contribution in [1.29, 1.82) is 0 Å². The first-order valence-electron chi connectivity index (χ1n) is 6.81. The first-order chi connectivity index (χ1) is 7.86. The first kappa shape index (κ1) is 12.7. The van der Waals surface area contributed by atoms with Crippen LogP contribution in [0.25, 0.3) is 0 Å². The molecule has 3 unspecified atom stereocenters. The lowest BCUT2D eigenvalue weighted by Crippen LogP contribution is -2.46. The second-order valence-electron chi connectivity index (χ2n) is 5.31. The van der Waals surface area contributed by atoms with Crippen molar-refractivity contribution >= 4 is 11.8 Å². The molecule has 1 saturated carbocycles. The number of nitrogens with two attached hydrogens (primary N) is 1. The molecule has 2 fully saturated rings. The van der Waals surface area contributed by atoms with Crippen molar-refractivity contribution in [2.45, 2.75) is 50.6 Å². The first-order valence-corrected chi connectivity index (χ1v) is 8.21. The average molecular weight is 242 g/mol. The maximum Gasteiger partial charge on any atom is 0.0229 e. The molecule has 0 aromatic heterocycles. The SMILES string of the molecule is CSCCC(CN)N1CCC2CCCCC21. The lowest BCUT2D eigenvalue weighted by Gasteiger charge is -2.36. The molecule has 2 aliphatic rings. The highest BCUT2D eigenvalue weighted by Gasteiger charge is 2.38. The Kier molecular flexibility index (Phi) is 4.98. The summed E-state index contributed by atoms with van der Waals surface area (Å²) in [7, 11) is 0. The quantitative estimate of drug-likeness (QED) is 0.802. The molecule has 2 N–H and O–H groups in total. The third-order valence-corrected chi connectivity index (χ3v) is 5.09. The van der Waals surface area contributed by atoms with Crippen LogP contribution < -0.4 is 5.73 Å². The molecule has 1 aliphatic heterocycles. The van der Waals surface area contributed by atoms with Gasteiger partial charge in [-0.3, -0.25) is 4.90 Å². The summed E-state index contributed by atoms with van der Waals surface area (Å²) < 4.78 is 0. The minimum atomic E-state index is 0.653. The number of fused-ring (bicyclic) bond motifs is 1. The van der Waals surface area contributed by atoms with Gasteiger partial charge in [-0.25, -0.2) is 0 Å². The van der Waals surface area contributed by atoms with Crippen molar-refractivity contribution in [3.8, 4) is 0 Å². The Bertz CT molecular complexity index is 210. The summed E-state index contributed by atoms with van der Waals surface area (Å²) in [5.41, 5.74) is 5.96. The van der Waals surface area contributed by atoms with Crippen LogP contribution in [0.1, 0.15) is 38.5 Å². The van der Waals surface area contributed by atoms with Crippen molar-refractivity contribution in [1.82, 2.24) is 4.90 Å². The highest BCUT2D eigenvalue weighted by molar-refractivity contribution is 7.98. The molecule has 0 aromatic carbocycles. The molecular formula is C13H26N2S. The van der Waals surface area contributed by atoms with Gasteiger partial charge in [-0.05, 0) is 50.2 Å². The van der Waals surface area contributed by atoms with Gasteiger partial charge < -0.3 is 5.73 Å². The van der Waals surface area contributed by atoms with Crippen LogP contribution in [0.2, 0.25) is 0 Å². The number of nitrogens with zero attached hydrogens (tertiary/aromatic N) is 1. The summed E-state index contributed by atoms with van der Waals surface area (Å²) in [6, 6.07) is 1.53. The molecule has 2 rings (SSSR count). The van der Waals surface area contributed by atoms with Gasteiger partial charge in [-0.2, -0.15) is 11.8 Å². The lowest BCUT2D eigenvalue weighted by molar-refractivity contribution is 0.133. The summed E-state index contributed by atoms with van der Waals surface area (Å²) in [5, 5.41) is 0. The largest absolute Gasteiger partial charge is 0.329 e. The van der Waals surface area contributed by atoms with Crippen LogP contribution in [0.15, 0.2) is 0 Å². The minimum Gasteiger partial charge on any atom is -0.329 e. The molecule has 94 valence electrons. The van der Waals surface area contributed by atoms with E-state index in [9.17, 15) is 0 Å². The Morgan fingerprint density at radius 2 is 2.12 bits per heavy atom. The molecule has 0 spiro atoms. The fourth-order valence-electron chi connectivity index (χ4n) is 3.57. The van der Waals surface area contributed by atoms with E-state index < -0.39 is 0 Å². The van der Waals surface area contributed by atoms with Crippen LogP contribution >= 0.6 is 11.8 Å². The summed E-state index contributed by atoms with van der Waals surface area (Å²) in [6.45, 7) is 2.16. The summed E-state index contributed by atoms with van der Waals surface area (Å²) in [5.74, 6) is 2.26. The fraction of sp³-hybridized carbons (Fsp3) is 1.00. The van der Waals surface area contributed by atoms with Crippen molar-refractivity contribution in [2.24, 2.45) is 11.7 Å². The molecule has 1 heterocycles. The highest BCUT2D eigenvalue weighted by atomic mass is 32.2. The van der Waals surface area contributed by atoms with Gasteiger partial charge in [0.1, 0.15) is 0 Å². The van der Waals surface area contributed by atoms with E-state index in [1.807, 2.05) is 11.8 Å². The van der Waals surface area contributed by atoms with Gasteiger partial charge in [0.25, 0.3) is 0 Å². The molecule has 1 saturated heterocycles. The second-order valence-corrected chi connectivity index (χ2v) is 6.29. The Morgan fingerprint density at radius 1 is 1.31 bits per heavy atom. The Balaban J connectivity index is 1.91. The molecule has 0 amide bonds. The van der Waals surface area contributed by atoms with Crippen LogP contribution in [-0.2, 0) is 0 Å². The van der Waals surface area contributed by atoms with Gasteiger partial charge in [0.05, 0.1) is 0 Å². The van der Waals surface area contributed by atoms with E-state index in [-0.39, 0.29) is 0 Å².